The second-order valence-electron chi connectivity index (χ2n) is 4.73. The maximum Gasteiger partial charge on any atom is 0.331 e. The molecule has 0 N–H and O–H groups in total. The van der Waals surface area contributed by atoms with E-state index in [4.69, 9.17) is 9.05 Å². The first kappa shape index (κ1) is 19.1. The molecule has 0 saturated heterocycles. The van der Waals surface area contributed by atoms with Crippen molar-refractivity contribution in [1.29, 1.82) is 0 Å². The van der Waals surface area contributed by atoms with Crippen LogP contribution in [0.5, 0.6) is 0 Å². The van der Waals surface area contributed by atoms with Gasteiger partial charge in [0.15, 0.2) is 0 Å². The van der Waals surface area contributed by atoms with Crippen molar-refractivity contribution >= 4 is 7.60 Å². The summed E-state index contributed by atoms with van der Waals surface area (Å²) in [5.41, 5.74) is 0. The van der Waals surface area contributed by atoms with E-state index in [1.165, 1.54) is 0 Å². The quantitative estimate of drug-likeness (QED) is 0.377. The molecule has 116 valence electrons. The Morgan fingerprint density at radius 3 is 1.74 bits per heavy atom. The Labute approximate surface area is 119 Å². The van der Waals surface area contributed by atoms with E-state index in [-0.39, 0.29) is 0 Å². The molecule has 0 aromatic rings. The summed E-state index contributed by atoms with van der Waals surface area (Å²) in [7, 11) is -2.90. The summed E-state index contributed by atoms with van der Waals surface area (Å²) in [6, 6.07) is 0. The summed E-state index contributed by atoms with van der Waals surface area (Å²) in [5, 5.41) is 0. The van der Waals surface area contributed by atoms with E-state index >= 15 is 0 Å². The maximum absolute atomic E-state index is 12.6. The molecule has 4 nitrogen and oxygen atoms in total. The second-order valence-corrected chi connectivity index (χ2v) is 6.92. The molecule has 0 aliphatic rings. The lowest BCUT2D eigenvalue weighted by molar-refractivity contribution is 0.195. The number of hydrogen-bond donors (Lipinski definition) is 0. The molecule has 0 unspecified atom stereocenters. The summed E-state index contributed by atoms with van der Waals surface area (Å²) >= 11 is 0. The maximum atomic E-state index is 12.6. The zero-order chi connectivity index (χ0) is 14.6. The predicted molar refractivity (Wildman–Crippen MR) is 82.0 cm³/mol. The minimum absolute atomic E-state index is 0.502. The van der Waals surface area contributed by atoms with Crippen LogP contribution < -0.4 is 0 Å². The Bertz CT molecular complexity index is 231. The Morgan fingerprint density at radius 1 is 0.895 bits per heavy atom. The van der Waals surface area contributed by atoms with Gasteiger partial charge in [0, 0.05) is 6.54 Å². The van der Waals surface area contributed by atoms with Gasteiger partial charge in [-0.25, -0.2) is 0 Å². The van der Waals surface area contributed by atoms with Crippen molar-refractivity contribution in [3.8, 4) is 0 Å². The molecule has 0 fully saturated rings. The average molecular weight is 293 g/mol. The average Bonchev–Trinajstić information content (AvgIpc) is 2.41. The molecule has 19 heavy (non-hydrogen) atoms. The highest BCUT2D eigenvalue weighted by molar-refractivity contribution is 7.53. The van der Waals surface area contributed by atoms with Crippen LogP contribution in [0.15, 0.2) is 0 Å². The van der Waals surface area contributed by atoms with E-state index in [2.05, 4.69) is 32.6 Å². The van der Waals surface area contributed by atoms with E-state index < -0.39 is 7.60 Å². The molecule has 0 radical (unpaired) electrons. The first-order valence-electron chi connectivity index (χ1n) is 7.72. The number of hydrogen-bond acceptors (Lipinski definition) is 4. The third-order valence-corrected chi connectivity index (χ3v) is 5.06. The first-order chi connectivity index (χ1) is 9.11. The van der Waals surface area contributed by atoms with Crippen LogP contribution in [0, 0.1) is 0 Å². The van der Waals surface area contributed by atoms with Gasteiger partial charge >= 0.3 is 7.60 Å². The monoisotopic (exact) mass is 293 g/mol. The third-order valence-electron chi connectivity index (χ3n) is 3.16. The minimum Gasteiger partial charge on any atom is -0.309 e. The number of nitrogens with zero attached hydrogens (tertiary/aromatic N) is 1. The largest absolute Gasteiger partial charge is 0.331 e. The molecule has 0 heterocycles. The standard InChI is InChI=1S/C14H32NO3P/c1-5-9-12-17-19(16,18-13-10-6-2)14-11-15(7-3)8-4/h5-14H2,1-4H3. The van der Waals surface area contributed by atoms with Crippen LogP contribution in [0.3, 0.4) is 0 Å². The van der Waals surface area contributed by atoms with Gasteiger partial charge in [0.05, 0.1) is 19.4 Å². The van der Waals surface area contributed by atoms with E-state index in [0.717, 1.165) is 45.3 Å². The molecule has 0 aliphatic heterocycles. The highest BCUT2D eigenvalue weighted by Crippen LogP contribution is 2.48. The Kier molecular flexibility index (Phi) is 12.0. The van der Waals surface area contributed by atoms with Gasteiger partial charge in [0.1, 0.15) is 0 Å². The van der Waals surface area contributed by atoms with E-state index in [0.29, 0.717) is 19.4 Å². The van der Waals surface area contributed by atoms with Crippen molar-refractivity contribution in [2.45, 2.75) is 53.4 Å². The SMILES string of the molecule is CCCCOP(=O)(CCN(CC)CC)OCCCC. The lowest BCUT2D eigenvalue weighted by Gasteiger charge is -2.23. The molecule has 0 atom stereocenters. The van der Waals surface area contributed by atoms with E-state index in [1.807, 2.05) is 0 Å². The summed E-state index contributed by atoms with van der Waals surface area (Å²) in [4.78, 5) is 2.25. The van der Waals surface area contributed by atoms with Crippen molar-refractivity contribution in [3.63, 3.8) is 0 Å². The van der Waals surface area contributed by atoms with Gasteiger partial charge in [-0.05, 0) is 25.9 Å². The Balaban J connectivity index is 4.25. The predicted octanol–water partition coefficient (Wildman–Crippen LogP) is 4.15. The molecular formula is C14H32NO3P. The second kappa shape index (κ2) is 11.9. The van der Waals surface area contributed by atoms with E-state index in [9.17, 15) is 4.57 Å². The van der Waals surface area contributed by atoms with Crippen molar-refractivity contribution in [1.82, 2.24) is 4.90 Å². The summed E-state index contributed by atoms with van der Waals surface area (Å²) in [6.45, 7) is 12.2. The normalized spacial score (nSPS) is 12.3. The van der Waals surface area contributed by atoms with Gasteiger partial charge in [-0.15, -0.1) is 0 Å². The van der Waals surface area contributed by atoms with Crippen molar-refractivity contribution in [3.05, 3.63) is 0 Å². The molecule has 0 spiro atoms. The molecule has 0 aromatic heterocycles. The summed E-state index contributed by atoms with van der Waals surface area (Å²) in [6.07, 6.45) is 4.47. The highest BCUT2D eigenvalue weighted by Gasteiger charge is 2.24. The fourth-order valence-corrected chi connectivity index (χ4v) is 3.34. The minimum atomic E-state index is -2.90. The highest BCUT2D eigenvalue weighted by atomic mass is 31.2. The summed E-state index contributed by atoms with van der Waals surface area (Å²) in [5.74, 6) is 0. The van der Waals surface area contributed by atoms with Gasteiger partial charge < -0.3 is 13.9 Å². The zero-order valence-electron chi connectivity index (χ0n) is 13.2. The smallest absolute Gasteiger partial charge is 0.309 e. The molecule has 0 aromatic carbocycles. The van der Waals surface area contributed by atoms with Crippen LogP contribution >= 0.6 is 7.60 Å². The summed E-state index contributed by atoms with van der Waals surface area (Å²) < 4.78 is 23.8. The Hall–Kier alpha value is 0.110. The molecule has 0 rings (SSSR count). The van der Waals surface area contributed by atoms with Crippen LogP contribution in [-0.2, 0) is 13.6 Å². The van der Waals surface area contributed by atoms with Gasteiger partial charge in [-0.3, -0.25) is 4.57 Å². The van der Waals surface area contributed by atoms with Crippen molar-refractivity contribution in [2.75, 3.05) is 39.0 Å². The van der Waals surface area contributed by atoms with Gasteiger partial charge in [0.2, 0.25) is 0 Å². The number of unbranched alkanes of at least 4 members (excludes halogenated alkanes) is 2. The first-order valence-corrected chi connectivity index (χ1v) is 9.45. The topological polar surface area (TPSA) is 38.8 Å². The van der Waals surface area contributed by atoms with Gasteiger partial charge in [-0.1, -0.05) is 40.5 Å². The van der Waals surface area contributed by atoms with Crippen LogP contribution in [0.4, 0.5) is 0 Å². The number of rotatable bonds is 13. The van der Waals surface area contributed by atoms with Crippen LogP contribution in [0.2, 0.25) is 0 Å². The molecular weight excluding hydrogens is 261 g/mol. The molecule has 0 saturated carbocycles. The molecule has 0 aliphatic carbocycles. The van der Waals surface area contributed by atoms with Crippen LogP contribution in [-0.4, -0.2) is 43.9 Å². The molecule has 0 bridgehead atoms. The lowest BCUT2D eigenvalue weighted by Crippen LogP contribution is -2.26. The van der Waals surface area contributed by atoms with Gasteiger partial charge in [0.25, 0.3) is 0 Å². The van der Waals surface area contributed by atoms with Crippen molar-refractivity contribution in [2.24, 2.45) is 0 Å². The fraction of sp³-hybridized carbons (Fsp3) is 1.00. The van der Waals surface area contributed by atoms with Crippen LogP contribution in [0.25, 0.3) is 0 Å². The fourth-order valence-electron chi connectivity index (χ4n) is 1.67. The Morgan fingerprint density at radius 2 is 1.37 bits per heavy atom. The zero-order valence-corrected chi connectivity index (χ0v) is 14.1. The third kappa shape index (κ3) is 9.61. The molecule has 5 heteroatoms. The van der Waals surface area contributed by atoms with Crippen molar-refractivity contribution < 1.29 is 13.6 Å². The molecule has 0 amide bonds. The van der Waals surface area contributed by atoms with Crippen LogP contribution in [0.1, 0.15) is 53.4 Å². The van der Waals surface area contributed by atoms with Gasteiger partial charge in [-0.2, -0.15) is 0 Å². The van der Waals surface area contributed by atoms with E-state index in [1.54, 1.807) is 0 Å². The lowest BCUT2D eigenvalue weighted by atomic mass is 10.4.